The van der Waals surface area contributed by atoms with E-state index in [0.717, 1.165) is 21.4 Å². The van der Waals surface area contributed by atoms with E-state index in [9.17, 15) is 4.39 Å². The van der Waals surface area contributed by atoms with Gasteiger partial charge in [-0.2, -0.15) is 4.39 Å². The number of halogens is 2. The predicted molar refractivity (Wildman–Crippen MR) is 50.8 cm³/mol. The largest absolute Gasteiger partial charge is 0.289 e. The van der Waals surface area contributed by atoms with Crippen LogP contribution in [0.5, 0.6) is 0 Å². The Balaban J connectivity index is 2.46. The van der Waals surface area contributed by atoms with Crippen LogP contribution in [0.1, 0.15) is 0 Å². The Kier molecular flexibility index (Phi) is 2.32. The molecule has 2 rings (SSSR count). The van der Waals surface area contributed by atoms with Crippen LogP contribution in [0.4, 0.5) is 4.39 Å². The number of rotatable bonds is 1. The third-order valence-electron chi connectivity index (χ3n) is 1.35. The van der Waals surface area contributed by atoms with Crippen LogP contribution >= 0.6 is 27.3 Å². The smallest absolute Gasteiger partial charge is 0.263 e. The maximum absolute atomic E-state index is 12.5. The highest BCUT2D eigenvalue weighted by molar-refractivity contribution is 9.10. The van der Waals surface area contributed by atoms with Crippen molar-refractivity contribution in [3.05, 3.63) is 28.2 Å². The normalized spacial score (nSPS) is 10.3. The topological polar surface area (TPSA) is 38.7 Å². The highest BCUT2D eigenvalue weighted by Crippen LogP contribution is 2.23. The quantitative estimate of drug-likeness (QED) is 0.790. The molecule has 0 N–H and O–H groups in total. The highest BCUT2D eigenvalue weighted by atomic mass is 79.9. The molecule has 2 aromatic heterocycles. The highest BCUT2D eigenvalue weighted by Gasteiger charge is 2.05. The van der Waals surface area contributed by atoms with Crippen LogP contribution in [-0.2, 0) is 0 Å². The Bertz CT molecular complexity index is 431. The van der Waals surface area contributed by atoms with E-state index >= 15 is 0 Å². The van der Waals surface area contributed by atoms with Gasteiger partial charge < -0.3 is 0 Å². The van der Waals surface area contributed by atoms with Gasteiger partial charge in [-0.1, -0.05) is 11.3 Å². The Morgan fingerprint density at radius 1 is 1.31 bits per heavy atom. The molecule has 0 fully saturated rings. The zero-order valence-corrected chi connectivity index (χ0v) is 8.64. The summed E-state index contributed by atoms with van der Waals surface area (Å²) in [6.45, 7) is 0. The molecule has 0 atom stereocenters. The van der Waals surface area contributed by atoms with Gasteiger partial charge in [-0.15, -0.1) is 10.2 Å². The van der Waals surface area contributed by atoms with Crippen molar-refractivity contribution in [2.75, 3.05) is 0 Å². The van der Waals surface area contributed by atoms with Gasteiger partial charge in [0.2, 0.25) is 0 Å². The molecular weight excluding hydrogens is 257 g/mol. The van der Waals surface area contributed by atoms with Crippen molar-refractivity contribution >= 4 is 27.3 Å². The Morgan fingerprint density at radius 2 is 2.15 bits per heavy atom. The molecule has 6 heteroatoms. The van der Waals surface area contributed by atoms with Gasteiger partial charge in [-0.25, -0.2) is 0 Å². The minimum Gasteiger partial charge on any atom is -0.263 e. The average molecular weight is 260 g/mol. The summed E-state index contributed by atoms with van der Waals surface area (Å²) in [4.78, 5) is 3.94. The van der Waals surface area contributed by atoms with Gasteiger partial charge in [0.15, 0.2) is 5.01 Å². The number of nitrogens with zero attached hydrogens (tertiary/aromatic N) is 3. The van der Waals surface area contributed by atoms with Crippen LogP contribution in [0.15, 0.2) is 22.9 Å². The zero-order chi connectivity index (χ0) is 9.26. The number of hydrogen-bond donors (Lipinski definition) is 0. The fraction of sp³-hybridized carbons (Fsp3) is 0. The minimum atomic E-state index is -0.532. The monoisotopic (exact) mass is 259 g/mol. The first-order chi connectivity index (χ1) is 6.25. The van der Waals surface area contributed by atoms with Gasteiger partial charge in [0.05, 0.1) is 0 Å². The van der Waals surface area contributed by atoms with E-state index < -0.39 is 5.26 Å². The maximum Gasteiger partial charge on any atom is 0.289 e. The second-order valence-electron chi connectivity index (χ2n) is 2.25. The van der Waals surface area contributed by atoms with Crippen LogP contribution in [0.3, 0.4) is 0 Å². The van der Waals surface area contributed by atoms with Crippen LogP contribution in [0.2, 0.25) is 0 Å². The summed E-state index contributed by atoms with van der Waals surface area (Å²) in [5.41, 5.74) is 0.760. The summed E-state index contributed by atoms with van der Waals surface area (Å²) in [6.07, 6.45) is 3.27. The second kappa shape index (κ2) is 3.47. The van der Waals surface area contributed by atoms with E-state index in [1.54, 1.807) is 12.4 Å². The lowest BCUT2D eigenvalue weighted by Gasteiger charge is -1.93. The third kappa shape index (κ3) is 1.89. The lowest BCUT2D eigenvalue weighted by molar-refractivity contribution is 0.601. The molecule has 0 aliphatic rings. The fourth-order valence-electron chi connectivity index (χ4n) is 0.851. The molecule has 2 heterocycles. The molecule has 2 aromatic rings. The first kappa shape index (κ1) is 8.71. The molecule has 0 saturated carbocycles. The molecule has 0 aliphatic carbocycles. The van der Waals surface area contributed by atoms with Crippen LogP contribution in [0, 0.1) is 5.26 Å². The molecular formula is C7H3BrFN3S. The number of pyridine rings is 1. The summed E-state index contributed by atoms with van der Waals surface area (Å²) in [5, 5.41) is 6.94. The molecule has 0 amide bonds. The zero-order valence-electron chi connectivity index (χ0n) is 6.24. The SMILES string of the molecule is Fc1nnc(-c2cncc(Br)c2)s1. The summed E-state index contributed by atoms with van der Waals surface area (Å²) >= 11 is 4.17. The van der Waals surface area contributed by atoms with Gasteiger partial charge in [0.1, 0.15) is 0 Å². The molecule has 66 valence electrons. The lowest BCUT2D eigenvalue weighted by Crippen LogP contribution is -1.79. The molecule has 0 spiro atoms. The van der Waals surface area contributed by atoms with Gasteiger partial charge in [-0.05, 0) is 22.0 Å². The van der Waals surface area contributed by atoms with Crippen molar-refractivity contribution in [1.29, 1.82) is 0 Å². The summed E-state index contributed by atoms with van der Waals surface area (Å²) in [6, 6.07) is 1.81. The predicted octanol–water partition coefficient (Wildman–Crippen LogP) is 2.50. The molecule has 13 heavy (non-hydrogen) atoms. The van der Waals surface area contributed by atoms with E-state index in [-0.39, 0.29) is 0 Å². The molecule has 0 saturated heterocycles. The van der Waals surface area contributed by atoms with E-state index in [4.69, 9.17) is 0 Å². The van der Waals surface area contributed by atoms with Crippen molar-refractivity contribution in [2.24, 2.45) is 0 Å². The molecule has 0 aliphatic heterocycles. The van der Waals surface area contributed by atoms with E-state index in [2.05, 4.69) is 31.1 Å². The van der Waals surface area contributed by atoms with Gasteiger partial charge >= 0.3 is 0 Å². The second-order valence-corrected chi connectivity index (χ2v) is 4.10. The number of aromatic nitrogens is 3. The van der Waals surface area contributed by atoms with Crippen LogP contribution in [-0.4, -0.2) is 15.2 Å². The Hall–Kier alpha value is -0.880. The summed E-state index contributed by atoms with van der Waals surface area (Å²) in [7, 11) is 0. The molecule has 3 nitrogen and oxygen atoms in total. The minimum absolute atomic E-state index is 0.532. The van der Waals surface area contributed by atoms with Crippen molar-refractivity contribution in [3.8, 4) is 10.6 Å². The molecule has 0 unspecified atom stereocenters. The molecule has 0 aromatic carbocycles. The fourth-order valence-corrected chi connectivity index (χ4v) is 1.77. The third-order valence-corrected chi connectivity index (χ3v) is 2.55. The van der Waals surface area contributed by atoms with Crippen molar-refractivity contribution in [2.45, 2.75) is 0 Å². The first-order valence-electron chi connectivity index (χ1n) is 3.35. The van der Waals surface area contributed by atoms with Gasteiger partial charge in [0, 0.05) is 22.4 Å². The van der Waals surface area contributed by atoms with Gasteiger partial charge in [0.25, 0.3) is 5.26 Å². The van der Waals surface area contributed by atoms with Crippen molar-refractivity contribution < 1.29 is 4.39 Å². The Morgan fingerprint density at radius 3 is 2.77 bits per heavy atom. The van der Waals surface area contributed by atoms with Crippen molar-refractivity contribution in [1.82, 2.24) is 15.2 Å². The molecule has 0 bridgehead atoms. The lowest BCUT2D eigenvalue weighted by atomic mass is 10.3. The van der Waals surface area contributed by atoms with Crippen molar-refractivity contribution in [3.63, 3.8) is 0 Å². The standard InChI is InChI=1S/C7H3BrFN3S/c8-5-1-4(2-10-3-5)6-11-12-7(9)13-6/h1-3H. The van der Waals surface area contributed by atoms with E-state index in [0.29, 0.717) is 5.01 Å². The van der Waals surface area contributed by atoms with Crippen LogP contribution in [0.25, 0.3) is 10.6 Å². The number of hydrogen-bond acceptors (Lipinski definition) is 4. The van der Waals surface area contributed by atoms with E-state index in [1.807, 2.05) is 6.07 Å². The molecule has 0 radical (unpaired) electrons. The summed E-state index contributed by atoms with van der Waals surface area (Å²) < 4.78 is 13.4. The maximum atomic E-state index is 12.5. The Labute approximate surface area is 85.8 Å². The average Bonchev–Trinajstić information content (AvgIpc) is 2.52. The van der Waals surface area contributed by atoms with Crippen LogP contribution < -0.4 is 0 Å². The first-order valence-corrected chi connectivity index (χ1v) is 4.96. The van der Waals surface area contributed by atoms with E-state index in [1.165, 1.54) is 0 Å². The van der Waals surface area contributed by atoms with Gasteiger partial charge in [-0.3, -0.25) is 4.98 Å². The summed E-state index contributed by atoms with van der Waals surface area (Å²) in [5.74, 6) is 0.